The molecule has 1 atom stereocenters. The number of halogens is 1. The molecule has 1 amide bonds. The number of benzene rings is 1. The number of likely N-dealkylation sites (tertiary alicyclic amines) is 2. The summed E-state index contributed by atoms with van der Waals surface area (Å²) in [6.07, 6.45) is 3.73. The van der Waals surface area contributed by atoms with Crippen molar-refractivity contribution in [1.29, 1.82) is 0 Å². The molecule has 126 valence electrons. The summed E-state index contributed by atoms with van der Waals surface area (Å²) >= 11 is 0. The molecule has 1 unspecified atom stereocenters. The lowest BCUT2D eigenvalue weighted by Gasteiger charge is -2.35. The first kappa shape index (κ1) is 16.4. The smallest absolute Gasteiger partial charge is 0.239 e. The standard InChI is InChI=1S/C18H25FN2O2/c19-16-5-3-14(4-6-16)12-21-9-1-2-17(21)18(23)20-10-7-15(13-22)8-11-20/h3-6,15,17,22H,1-2,7-13H2. The number of carbonyl (C=O) groups excluding carboxylic acids is 1. The molecule has 1 aromatic rings. The Morgan fingerprint density at radius 2 is 1.83 bits per heavy atom. The van der Waals surface area contributed by atoms with Crippen molar-refractivity contribution in [1.82, 2.24) is 9.80 Å². The maximum absolute atomic E-state index is 13.0. The third kappa shape index (κ3) is 3.90. The van der Waals surface area contributed by atoms with Crippen LogP contribution >= 0.6 is 0 Å². The van der Waals surface area contributed by atoms with Crippen molar-refractivity contribution in [3.63, 3.8) is 0 Å². The van der Waals surface area contributed by atoms with E-state index in [-0.39, 0.29) is 24.4 Å². The number of aliphatic hydroxyl groups is 1. The van der Waals surface area contributed by atoms with Gasteiger partial charge in [-0.2, -0.15) is 0 Å². The zero-order valence-electron chi connectivity index (χ0n) is 13.5. The van der Waals surface area contributed by atoms with Gasteiger partial charge in [-0.25, -0.2) is 4.39 Å². The van der Waals surface area contributed by atoms with E-state index in [4.69, 9.17) is 0 Å². The van der Waals surface area contributed by atoms with Gasteiger partial charge in [-0.15, -0.1) is 0 Å². The fourth-order valence-corrected chi connectivity index (χ4v) is 3.67. The maximum Gasteiger partial charge on any atom is 0.239 e. The molecule has 2 aliphatic rings. The number of hydrogen-bond donors (Lipinski definition) is 1. The predicted molar refractivity (Wildman–Crippen MR) is 86.2 cm³/mol. The quantitative estimate of drug-likeness (QED) is 0.923. The summed E-state index contributed by atoms with van der Waals surface area (Å²) < 4.78 is 13.0. The van der Waals surface area contributed by atoms with Crippen molar-refractivity contribution in [2.45, 2.75) is 38.3 Å². The molecule has 0 saturated carbocycles. The second-order valence-corrected chi connectivity index (χ2v) is 6.71. The lowest BCUT2D eigenvalue weighted by molar-refractivity contribution is -0.137. The third-order valence-corrected chi connectivity index (χ3v) is 5.13. The first-order valence-electron chi connectivity index (χ1n) is 8.55. The second-order valence-electron chi connectivity index (χ2n) is 6.71. The molecule has 3 rings (SSSR count). The van der Waals surface area contributed by atoms with E-state index in [0.717, 1.165) is 50.9 Å². The van der Waals surface area contributed by atoms with Crippen LogP contribution in [0.3, 0.4) is 0 Å². The third-order valence-electron chi connectivity index (χ3n) is 5.13. The first-order chi connectivity index (χ1) is 11.2. The molecular formula is C18H25FN2O2. The molecule has 2 fully saturated rings. The summed E-state index contributed by atoms with van der Waals surface area (Å²) in [6.45, 7) is 3.35. The summed E-state index contributed by atoms with van der Waals surface area (Å²) in [5.41, 5.74) is 1.05. The van der Waals surface area contributed by atoms with Crippen LogP contribution in [0.1, 0.15) is 31.2 Å². The van der Waals surface area contributed by atoms with Crippen molar-refractivity contribution in [2.24, 2.45) is 5.92 Å². The van der Waals surface area contributed by atoms with Crippen LogP contribution in [0.15, 0.2) is 24.3 Å². The molecule has 5 heteroatoms. The van der Waals surface area contributed by atoms with Crippen LogP contribution in [0.5, 0.6) is 0 Å². The van der Waals surface area contributed by atoms with Crippen molar-refractivity contribution in [2.75, 3.05) is 26.2 Å². The van der Waals surface area contributed by atoms with Gasteiger partial charge < -0.3 is 10.0 Å². The number of hydrogen-bond acceptors (Lipinski definition) is 3. The Kier molecular flexibility index (Phi) is 5.28. The van der Waals surface area contributed by atoms with Crippen LogP contribution < -0.4 is 0 Å². The second kappa shape index (κ2) is 7.41. The lowest BCUT2D eigenvalue weighted by Crippen LogP contribution is -2.48. The van der Waals surface area contributed by atoms with Gasteiger partial charge in [0.2, 0.25) is 5.91 Å². The molecule has 0 bridgehead atoms. The Labute approximate surface area is 136 Å². The molecular weight excluding hydrogens is 295 g/mol. The summed E-state index contributed by atoms with van der Waals surface area (Å²) in [5.74, 6) is 0.341. The highest BCUT2D eigenvalue weighted by Gasteiger charge is 2.34. The number of nitrogens with zero attached hydrogens (tertiary/aromatic N) is 2. The van der Waals surface area contributed by atoms with Crippen LogP contribution in [0.4, 0.5) is 4.39 Å². The first-order valence-corrected chi connectivity index (χ1v) is 8.55. The van der Waals surface area contributed by atoms with Gasteiger partial charge in [0, 0.05) is 26.2 Å². The fraction of sp³-hybridized carbons (Fsp3) is 0.611. The number of piperidine rings is 1. The molecule has 2 aliphatic heterocycles. The number of amides is 1. The van der Waals surface area contributed by atoms with Crippen LogP contribution in [-0.2, 0) is 11.3 Å². The monoisotopic (exact) mass is 320 g/mol. The van der Waals surface area contributed by atoms with Gasteiger partial charge >= 0.3 is 0 Å². The topological polar surface area (TPSA) is 43.8 Å². The molecule has 1 aromatic carbocycles. The van der Waals surface area contributed by atoms with E-state index < -0.39 is 0 Å². The summed E-state index contributed by atoms with van der Waals surface area (Å²) in [6, 6.07) is 6.49. The van der Waals surface area contributed by atoms with E-state index >= 15 is 0 Å². The molecule has 4 nitrogen and oxygen atoms in total. The zero-order chi connectivity index (χ0) is 16.2. The van der Waals surface area contributed by atoms with Gasteiger partial charge in [0.25, 0.3) is 0 Å². The van der Waals surface area contributed by atoms with Crippen molar-refractivity contribution >= 4 is 5.91 Å². The molecule has 0 aromatic heterocycles. The SMILES string of the molecule is O=C(C1CCCN1Cc1ccc(F)cc1)N1CCC(CO)CC1. The van der Waals surface area contributed by atoms with Crippen LogP contribution in [-0.4, -0.2) is 53.1 Å². The molecule has 1 N–H and O–H groups in total. The van der Waals surface area contributed by atoms with Crippen molar-refractivity contribution < 1.29 is 14.3 Å². The van der Waals surface area contributed by atoms with E-state index in [0.29, 0.717) is 12.5 Å². The Hall–Kier alpha value is -1.46. The highest BCUT2D eigenvalue weighted by atomic mass is 19.1. The van der Waals surface area contributed by atoms with Gasteiger partial charge in [-0.1, -0.05) is 12.1 Å². The van der Waals surface area contributed by atoms with Gasteiger partial charge in [-0.3, -0.25) is 9.69 Å². The van der Waals surface area contributed by atoms with Crippen LogP contribution in [0, 0.1) is 11.7 Å². The van der Waals surface area contributed by atoms with Gasteiger partial charge in [0.15, 0.2) is 0 Å². The Bertz CT molecular complexity index is 526. The summed E-state index contributed by atoms with van der Waals surface area (Å²) in [7, 11) is 0. The fourth-order valence-electron chi connectivity index (χ4n) is 3.67. The lowest BCUT2D eigenvalue weighted by atomic mass is 9.97. The van der Waals surface area contributed by atoms with E-state index in [1.165, 1.54) is 12.1 Å². The van der Waals surface area contributed by atoms with E-state index in [1.807, 2.05) is 4.90 Å². The Balaban J connectivity index is 1.60. The summed E-state index contributed by atoms with van der Waals surface area (Å²) in [4.78, 5) is 17.0. The van der Waals surface area contributed by atoms with Gasteiger partial charge in [0.05, 0.1) is 6.04 Å². The number of carbonyl (C=O) groups is 1. The minimum Gasteiger partial charge on any atom is -0.396 e. The number of rotatable bonds is 4. The predicted octanol–water partition coefficient (Wildman–Crippen LogP) is 2.02. The minimum atomic E-state index is -0.227. The maximum atomic E-state index is 13.0. The highest BCUT2D eigenvalue weighted by molar-refractivity contribution is 5.82. The summed E-state index contributed by atoms with van der Waals surface area (Å²) in [5, 5.41) is 9.21. The Morgan fingerprint density at radius 3 is 2.48 bits per heavy atom. The minimum absolute atomic E-state index is 0.0503. The van der Waals surface area contributed by atoms with Gasteiger partial charge in [0.1, 0.15) is 5.82 Å². The molecule has 0 radical (unpaired) electrons. The van der Waals surface area contributed by atoms with E-state index in [2.05, 4.69) is 4.90 Å². The molecule has 2 saturated heterocycles. The molecule has 23 heavy (non-hydrogen) atoms. The molecule has 2 heterocycles. The molecule has 0 aliphatic carbocycles. The van der Waals surface area contributed by atoms with Gasteiger partial charge in [-0.05, 0) is 55.8 Å². The largest absolute Gasteiger partial charge is 0.396 e. The molecule has 0 spiro atoms. The normalized spacial score (nSPS) is 23.4. The van der Waals surface area contributed by atoms with Crippen molar-refractivity contribution in [3.8, 4) is 0 Å². The zero-order valence-corrected chi connectivity index (χ0v) is 13.5. The van der Waals surface area contributed by atoms with Crippen LogP contribution in [0.25, 0.3) is 0 Å². The number of aliphatic hydroxyl groups excluding tert-OH is 1. The van der Waals surface area contributed by atoms with E-state index in [1.54, 1.807) is 12.1 Å². The van der Waals surface area contributed by atoms with E-state index in [9.17, 15) is 14.3 Å². The average Bonchev–Trinajstić information content (AvgIpc) is 3.04. The highest BCUT2D eigenvalue weighted by Crippen LogP contribution is 2.24. The van der Waals surface area contributed by atoms with Crippen LogP contribution in [0.2, 0.25) is 0 Å². The van der Waals surface area contributed by atoms with Crippen molar-refractivity contribution in [3.05, 3.63) is 35.6 Å². The Morgan fingerprint density at radius 1 is 1.13 bits per heavy atom. The average molecular weight is 320 g/mol.